The van der Waals surface area contributed by atoms with Gasteiger partial charge in [0.2, 0.25) is 12.7 Å². The Balaban J connectivity index is 1.91. The zero-order chi connectivity index (χ0) is 11.0. The molecule has 2 aliphatic heterocycles. The fraction of sp³-hybridized carbons (Fsp3) is 0.364. The van der Waals surface area contributed by atoms with Gasteiger partial charge in [-0.25, -0.2) is 0 Å². The van der Waals surface area contributed by atoms with Gasteiger partial charge >= 0.3 is 0 Å². The smallest absolute Gasteiger partial charge is 0.241 e. The van der Waals surface area contributed by atoms with Crippen LogP contribution in [-0.4, -0.2) is 25.8 Å². The van der Waals surface area contributed by atoms with Gasteiger partial charge < -0.3 is 20.1 Å². The molecule has 5 nitrogen and oxygen atoms in total. The Hall–Kier alpha value is -1.75. The van der Waals surface area contributed by atoms with Crippen LogP contribution in [0.1, 0.15) is 11.6 Å². The van der Waals surface area contributed by atoms with Crippen molar-refractivity contribution in [1.82, 2.24) is 10.6 Å². The van der Waals surface area contributed by atoms with Gasteiger partial charge in [0.15, 0.2) is 11.5 Å². The van der Waals surface area contributed by atoms with E-state index in [2.05, 4.69) is 10.6 Å². The van der Waals surface area contributed by atoms with E-state index in [1.807, 2.05) is 18.2 Å². The summed E-state index contributed by atoms with van der Waals surface area (Å²) in [5.74, 6) is 1.45. The highest BCUT2D eigenvalue weighted by molar-refractivity contribution is 5.84. The zero-order valence-electron chi connectivity index (χ0n) is 8.66. The lowest BCUT2D eigenvalue weighted by atomic mass is 10.0. The van der Waals surface area contributed by atoms with E-state index in [1.54, 1.807) is 0 Å². The molecule has 1 aromatic rings. The average Bonchev–Trinajstić information content (AvgIpc) is 2.76. The Morgan fingerprint density at radius 1 is 1.19 bits per heavy atom. The number of hydrogen-bond donors (Lipinski definition) is 2. The molecule has 2 N–H and O–H groups in total. The molecule has 0 aromatic heterocycles. The van der Waals surface area contributed by atoms with Gasteiger partial charge in [0, 0.05) is 13.1 Å². The number of hydrogen-bond acceptors (Lipinski definition) is 4. The maximum atomic E-state index is 11.6. The molecule has 1 atom stereocenters. The molecule has 0 unspecified atom stereocenters. The summed E-state index contributed by atoms with van der Waals surface area (Å²) < 4.78 is 10.5. The summed E-state index contributed by atoms with van der Waals surface area (Å²) in [4.78, 5) is 11.6. The number of fused-ring (bicyclic) bond motifs is 1. The Bertz CT molecular complexity index is 433. The van der Waals surface area contributed by atoms with Crippen molar-refractivity contribution in [2.75, 3.05) is 19.9 Å². The van der Waals surface area contributed by atoms with Crippen LogP contribution >= 0.6 is 0 Å². The Kier molecular flexibility index (Phi) is 2.18. The SMILES string of the molecule is O=C1NCCN[C@@H]1c1ccc2c(c1)OCO2. The lowest BCUT2D eigenvalue weighted by Crippen LogP contribution is -2.47. The number of piperazine rings is 1. The van der Waals surface area contributed by atoms with Crippen LogP contribution in [0.15, 0.2) is 18.2 Å². The minimum atomic E-state index is -0.289. The van der Waals surface area contributed by atoms with Gasteiger partial charge in [0.25, 0.3) is 0 Å². The van der Waals surface area contributed by atoms with Crippen molar-refractivity contribution in [3.63, 3.8) is 0 Å². The molecule has 0 spiro atoms. The molecule has 2 aliphatic rings. The van der Waals surface area contributed by atoms with Crippen LogP contribution < -0.4 is 20.1 Å². The standard InChI is InChI=1S/C11H12N2O3/c14-11-10(12-3-4-13-11)7-1-2-8-9(5-7)16-6-15-8/h1-2,5,10,12H,3-4,6H2,(H,13,14)/t10-/m1/s1. The van der Waals surface area contributed by atoms with E-state index in [1.165, 1.54) is 0 Å². The third-order valence-corrected chi connectivity index (χ3v) is 2.76. The minimum absolute atomic E-state index is 0.00474. The van der Waals surface area contributed by atoms with Gasteiger partial charge in [-0.1, -0.05) is 6.07 Å². The van der Waals surface area contributed by atoms with E-state index in [-0.39, 0.29) is 18.7 Å². The highest BCUT2D eigenvalue weighted by atomic mass is 16.7. The first-order chi connectivity index (χ1) is 7.84. The van der Waals surface area contributed by atoms with Crippen LogP contribution in [0.2, 0.25) is 0 Å². The van der Waals surface area contributed by atoms with Gasteiger partial charge in [-0.2, -0.15) is 0 Å². The Morgan fingerprint density at radius 3 is 2.94 bits per heavy atom. The average molecular weight is 220 g/mol. The molecular formula is C11H12N2O3. The second kappa shape index (κ2) is 3.68. The molecule has 1 amide bonds. The Labute approximate surface area is 92.7 Å². The molecule has 5 heteroatoms. The highest BCUT2D eigenvalue weighted by Gasteiger charge is 2.25. The number of carbonyl (C=O) groups is 1. The van der Waals surface area contributed by atoms with E-state index in [9.17, 15) is 4.79 Å². The fourth-order valence-electron chi connectivity index (χ4n) is 1.96. The molecule has 84 valence electrons. The van der Waals surface area contributed by atoms with Crippen molar-refractivity contribution >= 4 is 5.91 Å². The number of rotatable bonds is 1. The summed E-state index contributed by atoms with van der Waals surface area (Å²) in [5.41, 5.74) is 0.904. The first-order valence-electron chi connectivity index (χ1n) is 5.25. The summed E-state index contributed by atoms with van der Waals surface area (Å²) in [6, 6.07) is 5.28. The highest BCUT2D eigenvalue weighted by Crippen LogP contribution is 2.34. The largest absolute Gasteiger partial charge is 0.454 e. The first-order valence-corrected chi connectivity index (χ1v) is 5.25. The van der Waals surface area contributed by atoms with Crippen LogP contribution in [0.4, 0.5) is 0 Å². The van der Waals surface area contributed by atoms with Crippen LogP contribution in [-0.2, 0) is 4.79 Å². The first kappa shape index (κ1) is 9.47. The van der Waals surface area contributed by atoms with Crippen molar-refractivity contribution in [2.45, 2.75) is 6.04 Å². The van der Waals surface area contributed by atoms with Gasteiger partial charge in [0.1, 0.15) is 6.04 Å². The number of nitrogens with one attached hydrogen (secondary N) is 2. The topological polar surface area (TPSA) is 59.6 Å². The zero-order valence-corrected chi connectivity index (χ0v) is 8.66. The van der Waals surface area contributed by atoms with Crippen molar-refractivity contribution in [1.29, 1.82) is 0 Å². The van der Waals surface area contributed by atoms with Crippen LogP contribution in [0, 0.1) is 0 Å². The van der Waals surface area contributed by atoms with E-state index in [4.69, 9.17) is 9.47 Å². The molecule has 2 heterocycles. The van der Waals surface area contributed by atoms with E-state index in [0.717, 1.165) is 17.9 Å². The molecular weight excluding hydrogens is 208 g/mol. The lowest BCUT2D eigenvalue weighted by molar-refractivity contribution is -0.124. The fourth-order valence-corrected chi connectivity index (χ4v) is 1.96. The molecule has 0 radical (unpaired) electrons. The second-order valence-corrected chi connectivity index (χ2v) is 3.79. The Morgan fingerprint density at radius 2 is 2.06 bits per heavy atom. The summed E-state index contributed by atoms with van der Waals surface area (Å²) in [6.07, 6.45) is 0. The van der Waals surface area contributed by atoms with Crippen LogP contribution in [0.5, 0.6) is 11.5 Å². The minimum Gasteiger partial charge on any atom is -0.454 e. The summed E-state index contributed by atoms with van der Waals surface area (Å²) in [7, 11) is 0. The lowest BCUT2D eigenvalue weighted by Gasteiger charge is -2.23. The van der Waals surface area contributed by atoms with Crippen molar-refractivity contribution in [3.05, 3.63) is 23.8 Å². The molecule has 0 aliphatic carbocycles. The third kappa shape index (κ3) is 1.49. The molecule has 16 heavy (non-hydrogen) atoms. The predicted molar refractivity (Wildman–Crippen MR) is 56.3 cm³/mol. The predicted octanol–water partition coefficient (Wildman–Crippen LogP) is 0.176. The van der Waals surface area contributed by atoms with Crippen LogP contribution in [0.25, 0.3) is 0 Å². The summed E-state index contributed by atoms with van der Waals surface area (Å²) >= 11 is 0. The van der Waals surface area contributed by atoms with Crippen molar-refractivity contribution in [3.8, 4) is 11.5 Å². The quantitative estimate of drug-likeness (QED) is 0.708. The van der Waals surface area contributed by atoms with Gasteiger partial charge in [0.05, 0.1) is 0 Å². The molecule has 1 aromatic carbocycles. The molecule has 0 bridgehead atoms. The van der Waals surface area contributed by atoms with Crippen LogP contribution in [0.3, 0.4) is 0 Å². The summed E-state index contributed by atoms with van der Waals surface area (Å²) in [5, 5.41) is 5.99. The van der Waals surface area contributed by atoms with E-state index >= 15 is 0 Å². The molecule has 1 saturated heterocycles. The summed E-state index contributed by atoms with van der Waals surface area (Å²) in [6.45, 7) is 1.72. The number of benzene rings is 1. The molecule has 0 saturated carbocycles. The number of carbonyl (C=O) groups excluding carboxylic acids is 1. The van der Waals surface area contributed by atoms with Gasteiger partial charge in [-0.3, -0.25) is 4.79 Å². The second-order valence-electron chi connectivity index (χ2n) is 3.79. The van der Waals surface area contributed by atoms with Gasteiger partial charge in [-0.05, 0) is 17.7 Å². The maximum Gasteiger partial charge on any atom is 0.241 e. The van der Waals surface area contributed by atoms with E-state index in [0.29, 0.717) is 12.3 Å². The van der Waals surface area contributed by atoms with Crippen molar-refractivity contribution < 1.29 is 14.3 Å². The third-order valence-electron chi connectivity index (χ3n) is 2.76. The molecule has 1 fully saturated rings. The normalized spacial score (nSPS) is 23.0. The van der Waals surface area contributed by atoms with E-state index < -0.39 is 0 Å². The maximum absolute atomic E-state index is 11.6. The number of ether oxygens (including phenoxy) is 2. The van der Waals surface area contributed by atoms with Crippen molar-refractivity contribution in [2.24, 2.45) is 0 Å². The molecule has 3 rings (SSSR count). The van der Waals surface area contributed by atoms with Gasteiger partial charge in [-0.15, -0.1) is 0 Å². The monoisotopic (exact) mass is 220 g/mol. The number of amides is 1.